The highest BCUT2D eigenvalue weighted by Crippen LogP contribution is 2.29. The molecular formula is C18H15FN2O2. The number of rotatable bonds is 3. The Kier molecular flexibility index (Phi) is 3.98. The quantitative estimate of drug-likeness (QED) is 0.857. The summed E-state index contributed by atoms with van der Waals surface area (Å²) < 4.78 is 19.6. The number of ether oxygens (including phenoxy) is 1. The molecule has 1 aliphatic rings. The lowest BCUT2D eigenvalue weighted by Crippen LogP contribution is -2.24. The van der Waals surface area contributed by atoms with Crippen molar-refractivity contribution in [3.05, 3.63) is 53.8 Å². The molecule has 2 aromatic rings. The van der Waals surface area contributed by atoms with E-state index in [1.807, 2.05) is 13.0 Å². The zero-order valence-corrected chi connectivity index (χ0v) is 12.6. The summed E-state index contributed by atoms with van der Waals surface area (Å²) in [6.45, 7) is 2.38. The molecule has 116 valence electrons. The third-order valence-corrected chi connectivity index (χ3v) is 3.92. The van der Waals surface area contributed by atoms with E-state index in [0.717, 1.165) is 6.42 Å². The molecule has 0 bridgehead atoms. The van der Waals surface area contributed by atoms with Crippen molar-refractivity contribution in [1.82, 2.24) is 0 Å². The largest absolute Gasteiger partial charge is 0.444 e. The number of benzene rings is 2. The van der Waals surface area contributed by atoms with Crippen molar-refractivity contribution >= 4 is 11.8 Å². The molecule has 0 radical (unpaired) electrons. The van der Waals surface area contributed by atoms with E-state index in [9.17, 15) is 9.18 Å². The van der Waals surface area contributed by atoms with E-state index in [-0.39, 0.29) is 6.10 Å². The first kappa shape index (κ1) is 15.0. The number of carbonyl (C=O) groups is 1. The maximum atomic E-state index is 14.4. The Morgan fingerprint density at radius 2 is 2.04 bits per heavy atom. The van der Waals surface area contributed by atoms with Crippen molar-refractivity contribution in [3.8, 4) is 17.2 Å². The third kappa shape index (κ3) is 2.88. The predicted octanol–water partition coefficient (Wildman–Crippen LogP) is 4.10. The molecule has 0 saturated carbocycles. The summed E-state index contributed by atoms with van der Waals surface area (Å²) in [5, 5.41) is 8.80. The highest BCUT2D eigenvalue weighted by atomic mass is 19.1. The Hall–Kier alpha value is -2.87. The van der Waals surface area contributed by atoms with Crippen LogP contribution in [0.3, 0.4) is 0 Å². The van der Waals surface area contributed by atoms with E-state index in [2.05, 4.69) is 0 Å². The highest BCUT2D eigenvalue weighted by molar-refractivity contribution is 5.90. The minimum atomic E-state index is -0.442. The fourth-order valence-corrected chi connectivity index (χ4v) is 2.58. The lowest BCUT2D eigenvalue weighted by atomic mass is 10.0. The van der Waals surface area contributed by atoms with E-state index in [0.29, 0.717) is 28.9 Å². The number of amides is 1. The molecule has 1 amide bonds. The second-order valence-electron chi connectivity index (χ2n) is 5.38. The van der Waals surface area contributed by atoms with Crippen LogP contribution in [0.5, 0.6) is 0 Å². The van der Waals surface area contributed by atoms with Crippen molar-refractivity contribution < 1.29 is 13.9 Å². The van der Waals surface area contributed by atoms with Crippen molar-refractivity contribution in [1.29, 1.82) is 5.26 Å². The standard InChI is InChI=1S/C18H15FN2O2/c1-2-15-11-21(18(22)23-15)14-7-8-16(17(19)9-14)13-5-3-12(10-20)4-6-13/h3-9,15H,2,11H2,1H3/t15-/m0/s1. The van der Waals surface area contributed by atoms with Gasteiger partial charge in [0.15, 0.2) is 0 Å². The van der Waals surface area contributed by atoms with Crippen molar-refractivity contribution in [2.45, 2.75) is 19.4 Å². The van der Waals surface area contributed by atoms with Crippen molar-refractivity contribution in [2.24, 2.45) is 0 Å². The van der Waals surface area contributed by atoms with Crippen LogP contribution in [0.4, 0.5) is 14.9 Å². The van der Waals surface area contributed by atoms with Gasteiger partial charge in [0.2, 0.25) is 0 Å². The number of carbonyl (C=O) groups excluding carboxylic acids is 1. The van der Waals surface area contributed by atoms with Crippen LogP contribution in [-0.4, -0.2) is 18.7 Å². The summed E-state index contributed by atoms with van der Waals surface area (Å²) in [5.74, 6) is -0.417. The molecule has 1 aliphatic heterocycles. The lowest BCUT2D eigenvalue weighted by molar-refractivity contribution is 0.139. The van der Waals surface area contributed by atoms with Gasteiger partial charge in [0.05, 0.1) is 23.9 Å². The van der Waals surface area contributed by atoms with Crippen LogP contribution >= 0.6 is 0 Å². The Labute approximate surface area is 133 Å². The van der Waals surface area contributed by atoms with Gasteiger partial charge in [-0.1, -0.05) is 19.1 Å². The lowest BCUT2D eigenvalue weighted by Gasteiger charge is -2.14. The van der Waals surface area contributed by atoms with E-state index in [1.54, 1.807) is 36.4 Å². The van der Waals surface area contributed by atoms with Crippen LogP contribution in [0.15, 0.2) is 42.5 Å². The molecule has 1 atom stereocenters. The first-order valence-electron chi connectivity index (χ1n) is 7.40. The molecule has 0 aromatic heterocycles. The maximum Gasteiger partial charge on any atom is 0.414 e. The van der Waals surface area contributed by atoms with Crippen LogP contribution in [0.25, 0.3) is 11.1 Å². The first-order valence-corrected chi connectivity index (χ1v) is 7.40. The molecular weight excluding hydrogens is 295 g/mol. The molecule has 1 fully saturated rings. The average molecular weight is 310 g/mol. The number of anilines is 1. The Morgan fingerprint density at radius 1 is 1.30 bits per heavy atom. The number of halogens is 1. The third-order valence-electron chi connectivity index (χ3n) is 3.92. The minimum Gasteiger partial charge on any atom is -0.444 e. The van der Waals surface area contributed by atoms with Crippen molar-refractivity contribution in [3.63, 3.8) is 0 Å². The summed E-state index contributed by atoms with van der Waals surface area (Å²) in [6, 6.07) is 13.4. The van der Waals surface area contributed by atoms with Crippen molar-refractivity contribution in [2.75, 3.05) is 11.4 Å². The van der Waals surface area contributed by atoms with Gasteiger partial charge in [-0.05, 0) is 42.3 Å². The maximum absolute atomic E-state index is 14.4. The van der Waals surface area contributed by atoms with Gasteiger partial charge in [0.1, 0.15) is 11.9 Å². The smallest absolute Gasteiger partial charge is 0.414 e. The van der Waals surface area contributed by atoms with Gasteiger partial charge < -0.3 is 4.74 Å². The number of cyclic esters (lactones) is 1. The van der Waals surface area contributed by atoms with Gasteiger partial charge >= 0.3 is 6.09 Å². The van der Waals surface area contributed by atoms with Gasteiger partial charge in [-0.25, -0.2) is 9.18 Å². The number of hydrogen-bond acceptors (Lipinski definition) is 3. The van der Waals surface area contributed by atoms with Crippen LogP contribution in [0, 0.1) is 17.1 Å². The molecule has 0 spiro atoms. The van der Waals surface area contributed by atoms with Crippen LogP contribution in [-0.2, 0) is 4.74 Å². The SMILES string of the molecule is CC[C@H]1CN(c2ccc(-c3ccc(C#N)cc3)c(F)c2)C(=O)O1. The molecule has 0 unspecified atom stereocenters. The Morgan fingerprint density at radius 3 is 2.61 bits per heavy atom. The highest BCUT2D eigenvalue weighted by Gasteiger charge is 2.31. The molecule has 3 rings (SSSR count). The van der Waals surface area contributed by atoms with Crippen LogP contribution in [0.2, 0.25) is 0 Å². The van der Waals surface area contributed by atoms with Gasteiger partial charge in [-0.15, -0.1) is 0 Å². The number of hydrogen-bond donors (Lipinski definition) is 0. The number of nitrogens with zero attached hydrogens (tertiary/aromatic N) is 2. The summed E-state index contributed by atoms with van der Waals surface area (Å²) in [4.78, 5) is 13.3. The molecule has 4 nitrogen and oxygen atoms in total. The first-order chi connectivity index (χ1) is 11.1. The van der Waals surface area contributed by atoms with E-state index in [4.69, 9.17) is 10.00 Å². The fourth-order valence-electron chi connectivity index (χ4n) is 2.58. The monoisotopic (exact) mass is 310 g/mol. The predicted molar refractivity (Wildman–Crippen MR) is 84.5 cm³/mol. The Bertz CT molecular complexity index is 781. The van der Waals surface area contributed by atoms with Crippen LogP contribution in [0.1, 0.15) is 18.9 Å². The summed E-state index contributed by atoms with van der Waals surface area (Å²) in [7, 11) is 0. The van der Waals surface area contributed by atoms with Gasteiger partial charge in [0.25, 0.3) is 0 Å². The van der Waals surface area contributed by atoms with Gasteiger partial charge in [-0.3, -0.25) is 4.90 Å². The zero-order chi connectivity index (χ0) is 16.4. The molecule has 0 N–H and O–H groups in total. The normalized spacial score (nSPS) is 17.0. The zero-order valence-electron chi connectivity index (χ0n) is 12.6. The topological polar surface area (TPSA) is 53.3 Å². The molecule has 23 heavy (non-hydrogen) atoms. The second kappa shape index (κ2) is 6.09. The summed E-state index contributed by atoms with van der Waals surface area (Å²) >= 11 is 0. The Balaban J connectivity index is 1.89. The number of nitriles is 1. The minimum absolute atomic E-state index is 0.149. The fraction of sp³-hybridized carbons (Fsp3) is 0.222. The van der Waals surface area contributed by atoms with E-state index in [1.165, 1.54) is 11.0 Å². The van der Waals surface area contributed by atoms with Crippen LogP contribution < -0.4 is 4.90 Å². The summed E-state index contributed by atoms with van der Waals surface area (Å²) in [6.07, 6.45) is 0.139. The molecule has 2 aromatic carbocycles. The van der Waals surface area contributed by atoms with Gasteiger partial charge in [-0.2, -0.15) is 5.26 Å². The van der Waals surface area contributed by atoms with E-state index >= 15 is 0 Å². The molecule has 5 heteroatoms. The molecule has 1 heterocycles. The van der Waals surface area contributed by atoms with E-state index < -0.39 is 11.9 Å². The van der Waals surface area contributed by atoms with Gasteiger partial charge in [0, 0.05) is 5.56 Å². The second-order valence-corrected chi connectivity index (χ2v) is 5.38. The average Bonchev–Trinajstić information content (AvgIpc) is 2.96. The molecule has 0 aliphatic carbocycles. The summed E-state index contributed by atoms with van der Waals surface area (Å²) in [5.41, 5.74) is 2.12. The molecule has 1 saturated heterocycles.